The van der Waals surface area contributed by atoms with Gasteiger partial charge in [0.15, 0.2) is 6.04 Å². The van der Waals surface area contributed by atoms with Gasteiger partial charge in [0.1, 0.15) is 0 Å². The number of carboxylic acid groups (broad SMARTS) is 1. The molecule has 1 aromatic carbocycles. The molecule has 0 heterocycles. The van der Waals surface area contributed by atoms with Crippen LogP contribution in [0, 0.1) is 6.92 Å². The van der Waals surface area contributed by atoms with E-state index >= 15 is 0 Å². The second-order valence-electron chi connectivity index (χ2n) is 4.31. The van der Waals surface area contributed by atoms with Crippen LogP contribution in [0.1, 0.15) is 18.1 Å². The lowest BCUT2D eigenvalue weighted by Gasteiger charge is -2.15. The van der Waals surface area contributed by atoms with Gasteiger partial charge in [0.05, 0.1) is 6.10 Å². The minimum absolute atomic E-state index is 0.561. The fraction of sp³-hybridized carbons (Fsp3) is 0.286. The molecule has 0 aliphatic carbocycles. The Morgan fingerprint density at radius 3 is 2.32 bits per heavy atom. The van der Waals surface area contributed by atoms with E-state index < -0.39 is 24.0 Å². The Morgan fingerprint density at radius 1 is 1.26 bits per heavy atom. The highest BCUT2D eigenvalue weighted by Crippen LogP contribution is 2.04. The zero-order chi connectivity index (χ0) is 14.4. The standard InChI is InChI=1S/C14H17NO4/c1-9-3-5-11(6-4-9)7-8-12(17)15-13(10(2)16)14(18)19/h3-8,10,13,16H,1-2H3,(H,15,17)(H,18,19)/b8-7+. The van der Waals surface area contributed by atoms with Gasteiger partial charge in [-0.15, -0.1) is 0 Å². The van der Waals surface area contributed by atoms with Gasteiger partial charge in [0.2, 0.25) is 5.91 Å². The van der Waals surface area contributed by atoms with E-state index in [1.54, 1.807) is 6.08 Å². The van der Waals surface area contributed by atoms with Crippen molar-refractivity contribution < 1.29 is 19.8 Å². The van der Waals surface area contributed by atoms with Crippen molar-refractivity contribution in [2.45, 2.75) is 26.0 Å². The predicted octanol–water partition coefficient (Wildman–Crippen LogP) is 0.958. The first-order chi connectivity index (χ1) is 8.90. The van der Waals surface area contributed by atoms with Gasteiger partial charge in [-0.3, -0.25) is 4.79 Å². The summed E-state index contributed by atoms with van der Waals surface area (Å²) >= 11 is 0. The molecule has 0 saturated carbocycles. The van der Waals surface area contributed by atoms with Crippen molar-refractivity contribution >= 4 is 18.0 Å². The van der Waals surface area contributed by atoms with Crippen molar-refractivity contribution in [1.29, 1.82) is 0 Å². The monoisotopic (exact) mass is 263 g/mol. The molecule has 0 saturated heterocycles. The van der Waals surface area contributed by atoms with E-state index in [2.05, 4.69) is 5.32 Å². The fourth-order valence-corrected chi connectivity index (χ4v) is 1.44. The number of carboxylic acids is 1. The fourth-order valence-electron chi connectivity index (χ4n) is 1.44. The number of hydrogen-bond acceptors (Lipinski definition) is 3. The molecule has 0 fully saturated rings. The quantitative estimate of drug-likeness (QED) is 0.690. The number of nitrogens with one attached hydrogen (secondary N) is 1. The van der Waals surface area contributed by atoms with Crippen LogP contribution >= 0.6 is 0 Å². The molecule has 0 spiro atoms. The lowest BCUT2D eigenvalue weighted by molar-refractivity contribution is -0.144. The van der Waals surface area contributed by atoms with Crippen molar-refractivity contribution in [1.82, 2.24) is 5.32 Å². The lowest BCUT2D eigenvalue weighted by Crippen LogP contribution is -2.47. The number of aryl methyl sites for hydroxylation is 1. The Balaban J connectivity index is 2.64. The number of carbonyl (C=O) groups excluding carboxylic acids is 1. The van der Waals surface area contributed by atoms with Crippen molar-refractivity contribution in [3.05, 3.63) is 41.5 Å². The number of aliphatic hydroxyl groups excluding tert-OH is 1. The number of rotatable bonds is 5. The molecule has 5 heteroatoms. The van der Waals surface area contributed by atoms with Crippen molar-refractivity contribution in [2.24, 2.45) is 0 Å². The highest BCUT2D eigenvalue weighted by Gasteiger charge is 2.23. The van der Waals surface area contributed by atoms with Crippen LogP contribution in [0.4, 0.5) is 0 Å². The summed E-state index contributed by atoms with van der Waals surface area (Å²) < 4.78 is 0. The van der Waals surface area contributed by atoms with Crippen LogP contribution in [0.2, 0.25) is 0 Å². The van der Waals surface area contributed by atoms with E-state index in [0.29, 0.717) is 0 Å². The van der Waals surface area contributed by atoms with E-state index in [0.717, 1.165) is 11.1 Å². The molecule has 1 aromatic rings. The maximum Gasteiger partial charge on any atom is 0.328 e. The van der Waals surface area contributed by atoms with Crippen LogP contribution in [0.3, 0.4) is 0 Å². The molecule has 5 nitrogen and oxygen atoms in total. The molecule has 3 N–H and O–H groups in total. The molecule has 0 aliphatic heterocycles. The minimum atomic E-state index is -1.31. The summed E-state index contributed by atoms with van der Waals surface area (Å²) in [6.45, 7) is 3.27. The largest absolute Gasteiger partial charge is 0.480 e. The minimum Gasteiger partial charge on any atom is -0.480 e. The summed E-state index contributed by atoms with van der Waals surface area (Å²) in [6, 6.07) is 6.21. The third-order valence-corrected chi connectivity index (χ3v) is 2.55. The van der Waals surface area contributed by atoms with Gasteiger partial charge >= 0.3 is 5.97 Å². The lowest BCUT2D eigenvalue weighted by atomic mass is 10.1. The van der Waals surface area contributed by atoms with Crippen molar-refractivity contribution in [3.63, 3.8) is 0 Å². The number of carbonyl (C=O) groups is 2. The summed E-state index contributed by atoms with van der Waals surface area (Å²) in [4.78, 5) is 22.3. The van der Waals surface area contributed by atoms with E-state index in [-0.39, 0.29) is 0 Å². The van der Waals surface area contributed by atoms with Gasteiger partial charge in [-0.05, 0) is 25.5 Å². The molecular formula is C14H17NO4. The van der Waals surface area contributed by atoms with Gasteiger partial charge in [-0.2, -0.15) is 0 Å². The molecule has 1 amide bonds. The van der Waals surface area contributed by atoms with E-state index in [1.807, 2.05) is 31.2 Å². The van der Waals surface area contributed by atoms with Crippen LogP contribution in [0.25, 0.3) is 6.08 Å². The van der Waals surface area contributed by atoms with E-state index in [9.17, 15) is 14.7 Å². The summed E-state index contributed by atoms with van der Waals surface area (Å²) in [7, 11) is 0. The third kappa shape index (κ3) is 4.93. The normalized spacial score (nSPS) is 14.1. The average Bonchev–Trinajstić information content (AvgIpc) is 2.34. The summed E-state index contributed by atoms with van der Waals surface area (Å²) in [6.07, 6.45) is 1.66. The molecule has 0 bridgehead atoms. The molecule has 102 valence electrons. The van der Waals surface area contributed by atoms with Crippen LogP contribution in [-0.2, 0) is 9.59 Å². The number of amides is 1. The van der Waals surface area contributed by atoms with Gasteiger partial charge in [0.25, 0.3) is 0 Å². The second-order valence-corrected chi connectivity index (χ2v) is 4.31. The molecule has 19 heavy (non-hydrogen) atoms. The SMILES string of the molecule is Cc1ccc(/C=C/C(=O)NC(C(=O)O)C(C)O)cc1. The zero-order valence-electron chi connectivity index (χ0n) is 10.8. The predicted molar refractivity (Wildman–Crippen MR) is 71.5 cm³/mol. The zero-order valence-corrected chi connectivity index (χ0v) is 10.8. The summed E-state index contributed by atoms with van der Waals surface area (Å²) in [5.41, 5.74) is 1.95. The maximum atomic E-state index is 11.5. The number of aliphatic carboxylic acids is 1. The molecule has 0 aromatic heterocycles. The highest BCUT2D eigenvalue weighted by molar-refractivity contribution is 5.94. The van der Waals surface area contributed by atoms with Gasteiger partial charge < -0.3 is 15.5 Å². The number of hydrogen-bond donors (Lipinski definition) is 3. The Labute approximate surface area is 111 Å². The Bertz CT molecular complexity index is 477. The maximum absolute atomic E-state index is 11.5. The molecule has 0 radical (unpaired) electrons. The molecule has 2 atom stereocenters. The first kappa shape index (κ1) is 14.9. The number of benzene rings is 1. The number of aliphatic hydroxyl groups is 1. The molecule has 1 rings (SSSR count). The van der Waals surface area contributed by atoms with Crippen LogP contribution < -0.4 is 5.32 Å². The van der Waals surface area contributed by atoms with Crippen LogP contribution in [0.15, 0.2) is 30.3 Å². The van der Waals surface area contributed by atoms with Crippen LogP contribution in [-0.4, -0.2) is 34.2 Å². The molecular weight excluding hydrogens is 246 g/mol. The van der Waals surface area contributed by atoms with E-state index in [1.165, 1.54) is 13.0 Å². The second kappa shape index (κ2) is 6.70. The first-order valence-corrected chi connectivity index (χ1v) is 5.86. The van der Waals surface area contributed by atoms with Crippen molar-refractivity contribution in [3.8, 4) is 0 Å². The Hall–Kier alpha value is -2.14. The van der Waals surface area contributed by atoms with Crippen LogP contribution in [0.5, 0.6) is 0 Å². The Kier molecular flexibility index (Phi) is 5.26. The topological polar surface area (TPSA) is 86.6 Å². The summed E-state index contributed by atoms with van der Waals surface area (Å²) in [5, 5.41) is 20.3. The Morgan fingerprint density at radius 2 is 1.84 bits per heavy atom. The third-order valence-electron chi connectivity index (χ3n) is 2.55. The molecule has 0 aliphatic rings. The highest BCUT2D eigenvalue weighted by atomic mass is 16.4. The molecule has 2 unspecified atom stereocenters. The smallest absolute Gasteiger partial charge is 0.328 e. The van der Waals surface area contributed by atoms with Gasteiger partial charge in [0, 0.05) is 6.08 Å². The first-order valence-electron chi connectivity index (χ1n) is 5.86. The van der Waals surface area contributed by atoms with E-state index in [4.69, 9.17) is 5.11 Å². The van der Waals surface area contributed by atoms with Gasteiger partial charge in [-0.1, -0.05) is 29.8 Å². The van der Waals surface area contributed by atoms with Crippen molar-refractivity contribution in [2.75, 3.05) is 0 Å². The van der Waals surface area contributed by atoms with Gasteiger partial charge in [-0.25, -0.2) is 4.79 Å². The average molecular weight is 263 g/mol. The summed E-state index contributed by atoms with van der Waals surface area (Å²) in [5.74, 6) is -1.83.